The van der Waals surface area contributed by atoms with E-state index in [1.165, 1.54) is 17.5 Å². The summed E-state index contributed by atoms with van der Waals surface area (Å²) in [6, 6.07) is 8.76. The predicted octanol–water partition coefficient (Wildman–Crippen LogP) is 1.98. The van der Waals surface area contributed by atoms with Gasteiger partial charge in [0.15, 0.2) is 0 Å². The Labute approximate surface area is 147 Å². The summed E-state index contributed by atoms with van der Waals surface area (Å²) in [6.07, 6.45) is 5.29. The number of likely N-dealkylation sites (tertiary alicyclic amines) is 1. The van der Waals surface area contributed by atoms with E-state index in [0.717, 1.165) is 45.6 Å². The standard InChI is InChI=1S/C19H23N5O/c1-2-9-23-12-15-5-3-4-6-16(15)19(13-23)7-10-24(11-8-19)18(25)17-20-14-21-22-17/h2-6,14H,1,7-13H2,(H,20,21,22). The number of hydrogen-bond acceptors (Lipinski definition) is 4. The number of nitrogens with zero attached hydrogens (tertiary/aromatic N) is 4. The molecule has 1 aromatic heterocycles. The summed E-state index contributed by atoms with van der Waals surface area (Å²) in [5, 5.41) is 6.45. The zero-order chi connectivity index (χ0) is 17.3. The van der Waals surface area contributed by atoms with Crippen molar-refractivity contribution < 1.29 is 4.79 Å². The van der Waals surface area contributed by atoms with Crippen molar-refractivity contribution in [2.75, 3.05) is 26.2 Å². The molecule has 2 aromatic rings. The van der Waals surface area contributed by atoms with Crippen molar-refractivity contribution in [3.63, 3.8) is 0 Å². The lowest BCUT2D eigenvalue weighted by molar-refractivity contribution is 0.0593. The minimum absolute atomic E-state index is 0.0561. The maximum absolute atomic E-state index is 12.5. The first-order chi connectivity index (χ1) is 12.2. The third-order valence-electron chi connectivity index (χ3n) is 5.52. The molecule has 0 unspecified atom stereocenters. The van der Waals surface area contributed by atoms with Crippen molar-refractivity contribution in [2.45, 2.75) is 24.8 Å². The highest BCUT2D eigenvalue weighted by Gasteiger charge is 2.42. The molecule has 0 bridgehead atoms. The quantitative estimate of drug-likeness (QED) is 0.870. The van der Waals surface area contributed by atoms with E-state index in [1.54, 1.807) is 0 Å². The fraction of sp³-hybridized carbons (Fsp3) is 0.421. The molecule has 25 heavy (non-hydrogen) atoms. The molecular formula is C19H23N5O. The normalized spacial score (nSPS) is 19.6. The molecule has 3 heterocycles. The van der Waals surface area contributed by atoms with Gasteiger partial charge in [-0.05, 0) is 24.0 Å². The Kier molecular flexibility index (Phi) is 4.13. The summed E-state index contributed by atoms with van der Waals surface area (Å²) in [5.74, 6) is 0.271. The molecule has 0 aliphatic carbocycles. The first-order valence-corrected chi connectivity index (χ1v) is 8.78. The number of carbonyl (C=O) groups is 1. The van der Waals surface area contributed by atoms with Crippen LogP contribution in [0.5, 0.6) is 0 Å². The Hall–Kier alpha value is -2.47. The number of carbonyl (C=O) groups excluding carboxylic acids is 1. The number of rotatable bonds is 3. The second-order valence-electron chi connectivity index (χ2n) is 7.02. The summed E-state index contributed by atoms with van der Waals surface area (Å²) in [5.41, 5.74) is 2.99. The van der Waals surface area contributed by atoms with Crippen LogP contribution in [0.1, 0.15) is 34.6 Å². The van der Waals surface area contributed by atoms with Gasteiger partial charge in [0.1, 0.15) is 6.33 Å². The highest BCUT2D eigenvalue weighted by atomic mass is 16.2. The molecule has 6 heteroatoms. The summed E-state index contributed by atoms with van der Waals surface area (Å²) >= 11 is 0. The van der Waals surface area contributed by atoms with Crippen molar-refractivity contribution in [1.82, 2.24) is 25.0 Å². The topological polar surface area (TPSA) is 65.1 Å². The minimum Gasteiger partial charge on any atom is -0.336 e. The molecule has 1 amide bonds. The molecule has 1 aromatic carbocycles. The molecular weight excluding hydrogens is 314 g/mol. The van der Waals surface area contributed by atoms with E-state index in [2.05, 4.69) is 50.9 Å². The van der Waals surface area contributed by atoms with Gasteiger partial charge in [-0.25, -0.2) is 4.98 Å². The van der Waals surface area contributed by atoms with Crippen molar-refractivity contribution in [3.05, 3.63) is 60.2 Å². The fourth-order valence-corrected chi connectivity index (χ4v) is 4.32. The zero-order valence-corrected chi connectivity index (χ0v) is 14.3. The van der Waals surface area contributed by atoms with Crippen LogP contribution in [0.3, 0.4) is 0 Å². The van der Waals surface area contributed by atoms with E-state index < -0.39 is 0 Å². The number of amides is 1. The number of hydrogen-bond donors (Lipinski definition) is 1. The Morgan fingerprint density at radius 3 is 2.84 bits per heavy atom. The van der Waals surface area contributed by atoms with E-state index in [9.17, 15) is 4.79 Å². The van der Waals surface area contributed by atoms with Crippen molar-refractivity contribution in [1.29, 1.82) is 0 Å². The van der Waals surface area contributed by atoms with Gasteiger partial charge in [0.05, 0.1) is 0 Å². The summed E-state index contributed by atoms with van der Waals surface area (Å²) in [7, 11) is 0. The van der Waals surface area contributed by atoms with E-state index in [1.807, 2.05) is 11.0 Å². The van der Waals surface area contributed by atoms with Gasteiger partial charge in [-0.1, -0.05) is 30.3 Å². The van der Waals surface area contributed by atoms with E-state index in [4.69, 9.17) is 0 Å². The first-order valence-electron chi connectivity index (χ1n) is 8.78. The molecule has 130 valence electrons. The molecule has 0 radical (unpaired) electrons. The Morgan fingerprint density at radius 2 is 2.12 bits per heavy atom. The molecule has 2 aliphatic rings. The first kappa shape index (κ1) is 16.0. The second-order valence-corrected chi connectivity index (χ2v) is 7.02. The average Bonchev–Trinajstić information content (AvgIpc) is 3.17. The van der Waals surface area contributed by atoms with Crippen molar-refractivity contribution >= 4 is 5.91 Å². The number of H-pyrrole nitrogens is 1. The third-order valence-corrected chi connectivity index (χ3v) is 5.52. The average molecular weight is 337 g/mol. The van der Waals surface area contributed by atoms with Gasteiger partial charge < -0.3 is 4.90 Å². The second kappa shape index (κ2) is 6.44. The predicted molar refractivity (Wildman–Crippen MR) is 95.1 cm³/mol. The molecule has 0 saturated carbocycles. The highest BCUT2D eigenvalue weighted by molar-refractivity contribution is 5.90. The zero-order valence-electron chi connectivity index (χ0n) is 14.3. The monoisotopic (exact) mass is 337 g/mol. The molecule has 1 saturated heterocycles. The van der Waals surface area contributed by atoms with Crippen LogP contribution in [0.25, 0.3) is 0 Å². The number of benzene rings is 1. The van der Waals surface area contributed by atoms with Crippen LogP contribution >= 0.6 is 0 Å². The maximum atomic E-state index is 12.5. The van der Waals surface area contributed by atoms with Gasteiger partial charge in [0.2, 0.25) is 5.82 Å². The number of aromatic amines is 1. The summed E-state index contributed by atoms with van der Waals surface area (Å²) < 4.78 is 0. The van der Waals surface area contributed by atoms with Crippen LogP contribution < -0.4 is 0 Å². The lowest BCUT2D eigenvalue weighted by Gasteiger charge is -2.48. The van der Waals surface area contributed by atoms with Gasteiger partial charge in [0, 0.05) is 38.1 Å². The van der Waals surface area contributed by atoms with Gasteiger partial charge in [0.25, 0.3) is 5.91 Å². The molecule has 6 nitrogen and oxygen atoms in total. The lowest BCUT2D eigenvalue weighted by atomic mass is 9.69. The number of aromatic nitrogens is 3. The van der Waals surface area contributed by atoms with Crippen LogP contribution in [0.2, 0.25) is 0 Å². The lowest BCUT2D eigenvalue weighted by Crippen LogP contribution is -2.53. The highest BCUT2D eigenvalue weighted by Crippen LogP contribution is 2.41. The van der Waals surface area contributed by atoms with Crippen molar-refractivity contribution in [3.8, 4) is 0 Å². The summed E-state index contributed by atoms with van der Waals surface area (Å²) in [6.45, 7) is 8.29. The Bertz CT molecular complexity index is 762. The number of fused-ring (bicyclic) bond motifs is 2. The molecule has 4 rings (SSSR count). The van der Waals surface area contributed by atoms with Crippen LogP contribution in [0, 0.1) is 0 Å². The van der Waals surface area contributed by atoms with Gasteiger partial charge >= 0.3 is 0 Å². The van der Waals surface area contributed by atoms with E-state index >= 15 is 0 Å². The van der Waals surface area contributed by atoms with Crippen molar-refractivity contribution in [2.24, 2.45) is 0 Å². The summed E-state index contributed by atoms with van der Waals surface area (Å²) in [4.78, 5) is 20.9. The number of nitrogens with one attached hydrogen (secondary N) is 1. The molecule has 0 atom stereocenters. The fourth-order valence-electron chi connectivity index (χ4n) is 4.32. The van der Waals surface area contributed by atoms with E-state index in [0.29, 0.717) is 5.82 Å². The smallest absolute Gasteiger partial charge is 0.291 e. The number of piperidine rings is 1. The Balaban J connectivity index is 1.56. The maximum Gasteiger partial charge on any atom is 0.291 e. The molecule has 1 spiro atoms. The largest absolute Gasteiger partial charge is 0.336 e. The van der Waals surface area contributed by atoms with Crippen LogP contribution in [0.4, 0.5) is 0 Å². The Morgan fingerprint density at radius 1 is 1.32 bits per heavy atom. The minimum atomic E-state index is -0.0561. The molecule has 1 fully saturated rings. The third kappa shape index (κ3) is 2.87. The van der Waals surface area contributed by atoms with Gasteiger partial charge in [-0.3, -0.25) is 14.8 Å². The van der Waals surface area contributed by atoms with E-state index in [-0.39, 0.29) is 11.3 Å². The SMILES string of the molecule is C=CCN1Cc2ccccc2C2(CCN(C(=O)c3ncn[nH]3)CC2)C1. The van der Waals surface area contributed by atoms with Gasteiger partial charge in [-0.2, -0.15) is 5.10 Å². The van der Waals surface area contributed by atoms with Gasteiger partial charge in [-0.15, -0.1) is 6.58 Å². The molecule has 1 N–H and O–H groups in total. The molecule has 2 aliphatic heterocycles. The van der Waals surface area contributed by atoms with Crippen LogP contribution in [-0.2, 0) is 12.0 Å². The van der Waals surface area contributed by atoms with Crippen LogP contribution in [-0.4, -0.2) is 57.1 Å². The van der Waals surface area contributed by atoms with Crippen LogP contribution in [0.15, 0.2) is 43.2 Å².